The average molecular weight is 215 g/mol. The van der Waals surface area contributed by atoms with Gasteiger partial charge in [-0.05, 0) is 13.8 Å². The van der Waals surface area contributed by atoms with Crippen LogP contribution in [0.2, 0.25) is 0 Å². The molecule has 78 valence electrons. The first-order valence-corrected chi connectivity index (χ1v) is 5.23. The minimum atomic E-state index is -0.193. The highest BCUT2D eigenvalue weighted by Gasteiger charge is 2.02. The smallest absolute Gasteiger partial charge is 0.307 e. The van der Waals surface area contributed by atoms with Crippen molar-refractivity contribution in [1.29, 1.82) is 0 Å². The summed E-state index contributed by atoms with van der Waals surface area (Å²) in [4.78, 5) is 10.9. The summed E-state index contributed by atoms with van der Waals surface area (Å²) < 4.78 is 4.77. The zero-order valence-electron chi connectivity index (χ0n) is 8.24. The highest BCUT2D eigenvalue weighted by atomic mass is 32.1. The summed E-state index contributed by atoms with van der Waals surface area (Å²) >= 11 is 1.47. The van der Waals surface area contributed by atoms with Crippen LogP contribution in [0.3, 0.4) is 0 Å². The molecule has 0 atom stereocenters. The maximum atomic E-state index is 10.9. The minimum absolute atomic E-state index is 0.193. The van der Waals surface area contributed by atoms with Gasteiger partial charge in [0, 0.05) is 6.54 Å². The van der Waals surface area contributed by atoms with Crippen molar-refractivity contribution in [3.8, 4) is 0 Å². The van der Waals surface area contributed by atoms with Crippen LogP contribution in [0.1, 0.15) is 18.4 Å². The van der Waals surface area contributed by atoms with Crippen LogP contribution in [0.5, 0.6) is 0 Å². The number of carbonyl (C=O) groups excluding carboxylic acids is 1. The topological polar surface area (TPSA) is 64.1 Å². The van der Waals surface area contributed by atoms with E-state index >= 15 is 0 Å². The first-order valence-electron chi connectivity index (χ1n) is 4.42. The van der Waals surface area contributed by atoms with Crippen molar-refractivity contribution in [3.05, 3.63) is 5.01 Å². The van der Waals surface area contributed by atoms with Gasteiger partial charge in [0.2, 0.25) is 5.13 Å². The van der Waals surface area contributed by atoms with Crippen LogP contribution in [0.25, 0.3) is 0 Å². The number of anilines is 1. The third-order valence-electron chi connectivity index (χ3n) is 1.44. The first kappa shape index (κ1) is 10.9. The molecule has 0 fully saturated rings. The first-order chi connectivity index (χ1) is 6.72. The molecule has 0 aliphatic carbocycles. The molecule has 0 aliphatic rings. The van der Waals surface area contributed by atoms with E-state index in [1.165, 1.54) is 11.3 Å². The Morgan fingerprint density at radius 3 is 2.93 bits per heavy atom. The van der Waals surface area contributed by atoms with E-state index in [-0.39, 0.29) is 5.97 Å². The van der Waals surface area contributed by atoms with Crippen LogP contribution < -0.4 is 5.32 Å². The molecule has 5 nitrogen and oxygen atoms in total. The van der Waals surface area contributed by atoms with E-state index < -0.39 is 0 Å². The van der Waals surface area contributed by atoms with Gasteiger partial charge < -0.3 is 10.1 Å². The number of hydrogen-bond donors (Lipinski definition) is 1. The zero-order valence-corrected chi connectivity index (χ0v) is 9.06. The van der Waals surface area contributed by atoms with E-state index in [1.807, 2.05) is 6.92 Å². The van der Waals surface area contributed by atoms with Gasteiger partial charge in [-0.15, -0.1) is 10.2 Å². The van der Waals surface area contributed by atoms with Crippen molar-refractivity contribution in [1.82, 2.24) is 10.2 Å². The summed E-state index contributed by atoms with van der Waals surface area (Å²) in [5.74, 6) is -0.193. The highest BCUT2D eigenvalue weighted by Crippen LogP contribution is 2.13. The number of esters is 1. The summed E-state index contributed by atoms with van der Waals surface area (Å²) in [6.45, 7) is 4.64. The number of rotatable bonds is 5. The van der Waals surface area contributed by atoms with Crippen LogP contribution in [-0.2, 0) is 9.53 Å². The number of aromatic nitrogens is 2. The lowest BCUT2D eigenvalue weighted by Gasteiger charge is -2.01. The second-order valence-electron chi connectivity index (χ2n) is 2.61. The number of nitrogens with zero attached hydrogens (tertiary/aromatic N) is 2. The van der Waals surface area contributed by atoms with Gasteiger partial charge in [0.15, 0.2) is 0 Å². The Bertz CT molecular complexity index is 301. The van der Waals surface area contributed by atoms with Crippen LogP contribution in [-0.4, -0.2) is 29.3 Å². The van der Waals surface area contributed by atoms with Crippen molar-refractivity contribution in [2.75, 3.05) is 18.5 Å². The molecule has 1 aromatic heterocycles. The van der Waals surface area contributed by atoms with Gasteiger partial charge in [0.1, 0.15) is 5.01 Å². The van der Waals surface area contributed by atoms with E-state index in [1.54, 1.807) is 6.92 Å². The van der Waals surface area contributed by atoms with Gasteiger partial charge in [-0.25, -0.2) is 0 Å². The molecule has 0 saturated heterocycles. The molecule has 1 rings (SSSR count). The van der Waals surface area contributed by atoms with Crippen molar-refractivity contribution in [2.24, 2.45) is 0 Å². The average Bonchev–Trinajstić information content (AvgIpc) is 2.52. The van der Waals surface area contributed by atoms with E-state index in [4.69, 9.17) is 4.74 Å². The Kier molecular flexibility index (Phi) is 4.31. The van der Waals surface area contributed by atoms with E-state index in [0.717, 1.165) is 10.1 Å². The molecule has 0 spiro atoms. The summed E-state index contributed by atoms with van der Waals surface area (Å²) in [6, 6.07) is 0. The molecule has 0 aliphatic heterocycles. The fourth-order valence-corrected chi connectivity index (χ4v) is 1.49. The molecular formula is C8H13N3O2S. The summed E-state index contributed by atoms with van der Waals surface area (Å²) in [6.07, 6.45) is 0.354. The molecule has 6 heteroatoms. The number of carbonyl (C=O) groups is 1. The van der Waals surface area contributed by atoms with E-state index in [0.29, 0.717) is 19.6 Å². The van der Waals surface area contributed by atoms with Gasteiger partial charge in [-0.3, -0.25) is 4.79 Å². The summed E-state index contributed by atoms with van der Waals surface area (Å²) in [7, 11) is 0. The normalized spacial score (nSPS) is 9.86. The quantitative estimate of drug-likeness (QED) is 0.748. The fraction of sp³-hybridized carbons (Fsp3) is 0.625. The lowest BCUT2D eigenvalue weighted by Crippen LogP contribution is -2.11. The van der Waals surface area contributed by atoms with Gasteiger partial charge in [0.05, 0.1) is 13.0 Å². The number of ether oxygens (including phenoxy) is 1. The Morgan fingerprint density at radius 1 is 1.57 bits per heavy atom. The van der Waals surface area contributed by atoms with Crippen LogP contribution in [0.4, 0.5) is 5.13 Å². The molecule has 1 aromatic rings. The van der Waals surface area contributed by atoms with Crippen molar-refractivity contribution >= 4 is 22.4 Å². The highest BCUT2D eigenvalue weighted by molar-refractivity contribution is 7.15. The third-order valence-corrected chi connectivity index (χ3v) is 2.23. The maximum Gasteiger partial charge on any atom is 0.307 e. The SMILES string of the molecule is CCOC(=O)CCNc1nnc(C)s1. The Labute approximate surface area is 86.5 Å². The Hall–Kier alpha value is -1.17. The minimum Gasteiger partial charge on any atom is -0.466 e. The molecule has 1 N–H and O–H groups in total. The van der Waals surface area contributed by atoms with Gasteiger partial charge in [-0.1, -0.05) is 11.3 Å². The molecule has 0 saturated carbocycles. The van der Waals surface area contributed by atoms with Crippen LogP contribution in [0.15, 0.2) is 0 Å². The number of aryl methyl sites for hydroxylation is 1. The third kappa shape index (κ3) is 3.69. The number of hydrogen-bond acceptors (Lipinski definition) is 6. The maximum absolute atomic E-state index is 10.9. The summed E-state index contributed by atoms with van der Waals surface area (Å²) in [5, 5.41) is 12.4. The fourth-order valence-electron chi connectivity index (χ4n) is 0.873. The Balaban J connectivity index is 2.18. The zero-order chi connectivity index (χ0) is 10.4. The van der Waals surface area contributed by atoms with Crippen LogP contribution >= 0.6 is 11.3 Å². The summed E-state index contributed by atoms with van der Waals surface area (Å²) in [5.41, 5.74) is 0. The second kappa shape index (κ2) is 5.54. The van der Waals surface area contributed by atoms with Crippen molar-refractivity contribution in [2.45, 2.75) is 20.3 Å². The monoisotopic (exact) mass is 215 g/mol. The predicted molar refractivity (Wildman–Crippen MR) is 54.4 cm³/mol. The molecule has 0 unspecified atom stereocenters. The molecule has 0 amide bonds. The molecule has 0 aromatic carbocycles. The molecule has 0 bridgehead atoms. The second-order valence-corrected chi connectivity index (χ2v) is 3.79. The van der Waals surface area contributed by atoms with Crippen molar-refractivity contribution in [3.63, 3.8) is 0 Å². The predicted octanol–water partition coefficient (Wildman–Crippen LogP) is 1.21. The van der Waals surface area contributed by atoms with Crippen LogP contribution in [0, 0.1) is 6.92 Å². The molecule has 14 heavy (non-hydrogen) atoms. The van der Waals surface area contributed by atoms with Gasteiger partial charge in [-0.2, -0.15) is 0 Å². The van der Waals surface area contributed by atoms with E-state index in [2.05, 4.69) is 15.5 Å². The lowest BCUT2D eigenvalue weighted by molar-refractivity contribution is -0.142. The molecule has 0 radical (unpaired) electrons. The standard InChI is InChI=1S/C8H13N3O2S/c1-3-13-7(12)4-5-9-8-11-10-6(2)14-8/h3-5H2,1-2H3,(H,9,11). The number of nitrogens with one attached hydrogen (secondary N) is 1. The Morgan fingerprint density at radius 2 is 2.36 bits per heavy atom. The van der Waals surface area contributed by atoms with Crippen molar-refractivity contribution < 1.29 is 9.53 Å². The van der Waals surface area contributed by atoms with E-state index in [9.17, 15) is 4.79 Å². The largest absolute Gasteiger partial charge is 0.466 e. The van der Waals surface area contributed by atoms with Gasteiger partial charge in [0.25, 0.3) is 0 Å². The molecule has 1 heterocycles. The molecular weight excluding hydrogens is 202 g/mol. The lowest BCUT2D eigenvalue weighted by atomic mass is 10.4. The van der Waals surface area contributed by atoms with Gasteiger partial charge >= 0.3 is 5.97 Å².